The van der Waals surface area contributed by atoms with Crippen molar-refractivity contribution in [1.29, 1.82) is 0 Å². The molecule has 0 radical (unpaired) electrons. The molecular weight excluding hydrogens is 353 g/mol. The van der Waals surface area contributed by atoms with Gasteiger partial charge in [0.15, 0.2) is 0 Å². The third-order valence-electron chi connectivity index (χ3n) is 5.44. The maximum Gasteiger partial charge on any atom is 0.204 e. The number of hydrogen-bond donors (Lipinski definition) is 1. The highest BCUT2D eigenvalue weighted by atomic mass is 19.1. The molecule has 1 aliphatic heterocycles. The van der Waals surface area contributed by atoms with E-state index in [-0.39, 0.29) is 17.9 Å². The van der Waals surface area contributed by atoms with Crippen molar-refractivity contribution in [2.45, 2.75) is 18.5 Å². The highest BCUT2D eigenvalue weighted by Crippen LogP contribution is 2.41. The first-order chi connectivity index (χ1) is 13.7. The van der Waals surface area contributed by atoms with E-state index in [0.29, 0.717) is 0 Å². The second kappa shape index (κ2) is 6.68. The molecule has 2 unspecified atom stereocenters. The number of benzene rings is 3. The molecule has 2 heterocycles. The van der Waals surface area contributed by atoms with E-state index in [9.17, 15) is 4.39 Å². The molecule has 0 fully saturated rings. The lowest BCUT2D eigenvalue weighted by Gasteiger charge is -2.33. The molecule has 0 saturated heterocycles. The Morgan fingerprint density at radius 2 is 1.68 bits per heavy atom. The van der Waals surface area contributed by atoms with Gasteiger partial charge in [-0.25, -0.2) is 9.37 Å². The van der Waals surface area contributed by atoms with Crippen molar-refractivity contribution >= 4 is 17.0 Å². The number of methoxy groups -OCH3 is 1. The predicted octanol–water partition coefficient (Wildman–Crippen LogP) is 5.33. The minimum atomic E-state index is -0.224. The Kier molecular flexibility index (Phi) is 4.01. The van der Waals surface area contributed by atoms with Crippen LogP contribution in [0.25, 0.3) is 11.0 Å². The predicted molar refractivity (Wildman–Crippen MR) is 108 cm³/mol. The molecule has 3 aromatic carbocycles. The Balaban J connectivity index is 1.63. The summed E-state index contributed by atoms with van der Waals surface area (Å²) in [5, 5.41) is 3.55. The van der Waals surface area contributed by atoms with Crippen molar-refractivity contribution in [2.24, 2.45) is 0 Å². The highest BCUT2D eigenvalue weighted by molar-refractivity contribution is 5.79. The van der Waals surface area contributed by atoms with Crippen LogP contribution in [-0.2, 0) is 0 Å². The summed E-state index contributed by atoms with van der Waals surface area (Å²) >= 11 is 0. The fraction of sp³-hybridized carbons (Fsp3) is 0.174. The van der Waals surface area contributed by atoms with Crippen LogP contribution < -0.4 is 10.1 Å². The number of halogens is 1. The van der Waals surface area contributed by atoms with Gasteiger partial charge in [-0.05, 0) is 53.9 Å². The van der Waals surface area contributed by atoms with Crippen LogP contribution >= 0.6 is 0 Å². The van der Waals surface area contributed by atoms with Crippen molar-refractivity contribution in [2.75, 3.05) is 12.4 Å². The van der Waals surface area contributed by atoms with Gasteiger partial charge in [0, 0.05) is 0 Å². The van der Waals surface area contributed by atoms with Crippen molar-refractivity contribution in [3.8, 4) is 5.75 Å². The van der Waals surface area contributed by atoms with Crippen LogP contribution in [0.4, 0.5) is 10.3 Å². The molecule has 0 spiro atoms. The van der Waals surface area contributed by atoms with Gasteiger partial charge in [-0.1, -0.05) is 36.4 Å². The molecule has 5 heteroatoms. The summed E-state index contributed by atoms with van der Waals surface area (Å²) in [5.41, 5.74) is 4.31. The Morgan fingerprint density at radius 3 is 2.43 bits per heavy atom. The standard InChI is InChI=1S/C23H20FN3O/c1-28-18-12-8-16(9-13-18)22-14-20(15-6-10-17(24)11-7-15)26-23-25-19-4-2-3-5-21(19)27(22)23/h2-13,20,22H,14H2,1H3,(H,25,26). The zero-order valence-electron chi connectivity index (χ0n) is 15.5. The zero-order valence-corrected chi connectivity index (χ0v) is 15.5. The van der Waals surface area contributed by atoms with Gasteiger partial charge in [-0.15, -0.1) is 0 Å². The minimum Gasteiger partial charge on any atom is -0.497 e. The van der Waals surface area contributed by atoms with Crippen LogP contribution in [0.1, 0.15) is 29.6 Å². The van der Waals surface area contributed by atoms with Crippen LogP contribution in [0.5, 0.6) is 5.75 Å². The molecule has 0 bridgehead atoms. The van der Waals surface area contributed by atoms with E-state index in [4.69, 9.17) is 9.72 Å². The number of rotatable bonds is 3. The average Bonchev–Trinajstić information content (AvgIpc) is 3.12. The maximum absolute atomic E-state index is 13.4. The summed E-state index contributed by atoms with van der Waals surface area (Å²) in [4.78, 5) is 4.81. The summed E-state index contributed by atoms with van der Waals surface area (Å²) in [7, 11) is 1.67. The molecule has 1 aromatic heterocycles. The second-order valence-electron chi connectivity index (χ2n) is 7.07. The molecule has 140 valence electrons. The number of fused-ring (bicyclic) bond motifs is 3. The summed E-state index contributed by atoms with van der Waals surface area (Å²) < 4.78 is 21.0. The Hall–Kier alpha value is -3.34. The van der Waals surface area contributed by atoms with Gasteiger partial charge in [0.25, 0.3) is 0 Å². The molecule has 0 saturated carbocycles. The molecule has 0 aliphatic carbocycles. The van der Waals surface area contributed by atoms with Gasteiger partial charge < -0.3 is 14.6 Å². The Bertz CT molecular complexity index is 1120. The van der Waals surface area contributed by atoms with Crippen LogP contribution in [-0.4, -0.2) is 16.7 Å². The lowest BCUT2D eigenvalue weighted by Crippen LogP contribution is -2.27. The normalized spacial score (nSPS) is 18.5. The number of para-hydroxylation sites is 2. The smallest absolute Gasteiger partial charge is 0.204 e. The number of aromatic nitrogens is 2. The quantitative estimate of drug-likeness (QED) is 0.527. The molecule has 5 rings (SSSR count). The first-order valence-corrected chi connectivity index (χ1v) is 9.36. The average molecular weight is 373 g/mol. The number of nitrogens with one attached hydrogen (secondary N) is 1. The van der Waals surface area contributed by atoms with Gasteiger partial charge in [-0.3, -0.25) is 0 Å². The summed E-state index contributed by atoms with van der Waals surface area (Å²) in [6.07, 6.45) is 0.839. The fourth-order valence-corrected chi connectivity index (χ4v) is 4.03. The topological polar surface area (TPSA) is 39.1 Å². The molecule has 1 N–H and O–H groups in total. The number of hydrogen-bond acceptors (Lipinski definition) is 3. The largest absolute Gasteiger partial charge is 0.497 e. The van der Waals surface area contributed by atoms with E-state index in [2.05, 4.69) is 28.1 Å². The first kappa shape index (κ1) is 16.8. The van der Waals surface area contributed by atoms with E-state index < -0.39 is 0 Å². The van der Waals surface area contributed by atoms with Gasteiger partial charge in [-0.2, -0.15) is 0 Å². The Labute approximate surface area is 162 Å². The maximum atomic E-state index is 13.4. The van der Waals surface area contributed by atoms with E-state index in [0.717, 1.165) is 34.7 Å². The van der Waals surface area contributed by atoms with Crippen LogP contribution in [0.3, 0.4) is 0 Å². The number of anilines is 1. The third-order valence-corrected chi connectivity index (χ3v) is 5.44. The monoisotopic (exact) mass is 373 g/mol. The summed E-state index contributed by atoms with van der Waals surface area (Å²) in [6, 6.07) is 23.2. The van der Waals surface area contributed by atoms with Gasteiger partial charge in [0.2, 0.25) is 5.95 Å². The number of nitrogens with zero attached hydrogens (tertiary/aromatic N) is 2. The summed E-state index contributed by atoms with van der Waals surface area (Å²) in [5.74, 6) is 1.45. The van der Waals surface area contributed by atoms with Crippen LogP contribution in [0.15, 0.2) is 72.8 Å². The van der Waals surface area contributed by atoms with Crippen molar-refractivity contribution in [1.82, 2.24) is 9.55 Å². The molecule has 4 aromatic rings. The highest BCUT2D eigenvalue weighted by Gasteiger charge is 2.30. The number of ether oxygens (including phenoxy) is 1. The van der Waals surface area contributed by atoms with Gasteiger partial charge in [0.1, 0.15) is 11.6 Å². The van der Waals surface area contributed by atoms with Gasteiger partial charge >= 0.3 is 0 Å². The number of imidazole rings is 1. The molecule has 0 amide bonds. The lowest BCUT2D eigenvalue weighted by atomic mass is 9.93. The third kappa shape index (κ3) is 2.80. The molecule has 4 nitrogen and oxygen atoms in total. The minimum absolute atomic E-state index is 0.0528. The van der Waals surface area contributed by atoms with E-state index >= 15 is 0 Å². The molecular formula is C23H20FN3O. The van der Waals surface area contributed by atoms with E-state index in [1.165, 1.54) is 17.7 Å². The van der Waals surface area contributed by atoms with E-state index in [1.807, 2.05) is 42.5 Å². The second-order valence-corrected chi connectivity index (χ2v) is 7.07. The SMILES string of the molecule is COc1ccc(C2CC(c3ccc(F)cc3)Nc3nc4ccccc4n32)cc1. The molecule has 2 atom stereocenters. The van der Waals surface area contributed by atoms with Crippen LogP contribution in [0, 0.1) is 5.82 Å². The zero-order chi connectivity index (χ0) is 19.1. The summed E-state index contributed by atoms with van der Waals surface area (Å²) in [6.45, 7) is 0. The van der Waals surface area contributed by atoms with Crippen molar-refractivity contribution in [3.63, 3.8) is 0 Å². The van der Waals surface area contributed by atoms with Crippen molar-refractivity contribution in [3.05, 3.63) is 89.7 Å². The van der Waals surface area contributed by atoms with Gasteiger partial charge in [0.05, 0.1) is 30.2 Å². The van der Waals surface area contributed by atoms with Crippen LogP contribution in [0.2, 0.25) is 0 Å². The lowest BCUT2D eigenvalue weighted by molar-refractivity contribution is 0.414. The first-order valence-electron chi connectivity index (χ1n) is 9.36. The van der Waals surface area contributed by atoms with Crippen molar-refractivity contribution < 1.29 is 9.13 Å². The Morgan fingerprint density at radius 1 is 0.964 bits per heavy atom. The molecule has 28 heavy (non-hydrogen) atoms. The fourth-order valence-electron chi connectivity index (χ4n) is 4.03. The molecule has 1 aliphatic rings. The van der Waals surface area contributed by atoms with E-state index in [1.54, 1.807) is 7.11 Å².